The van der Waals surface area contributed by atoms with E-state index in [1.165, 1.54) is 17.7 Å². The Balaban J connectivity index is 1.71. The Bertz CT molecular complexity index is 1410. The number of fused-ring (bicyclic) bond motifs is 1. The molecule has 9 nitrogen and oxygen atoms in total. The van der Waals surface area contributed by atoms with Crippen LogP contribution in [0.4, 0.5) is 10.9 Å². The fraction of sp³-hybridized carbons (Fsp3) is 0.136. The van der Waals surface area contributed by atoms with Gasteiger partial charge in [0.05, 0.1) is 21.8 Å². The summed E-state index contributed by atoms with van der Waals surface area (Å²) in [6.45, 7) is 2.05. The summed E-state index contributed by atoms with van der Waals surface area (Å²) in [5.74, 6) is 3.78. The van der Waals surface area contributed by atoms with E-state index >= 15 is 0 Å². The fourth-order valence-corrected chi connectivity index (χ4v) is 4.26. The van der Waals surface area contributed by atoms with Gasteiger partial charge in [-0.05, 0) is 36.6 Å². The summed E-state index contributed by atoms with van der Waals surface area (Å²) in [4.78, 5) is 25.9. The van der Waals surface area contributed by atoms with Gasteiger partial charge in [-0.2, -0.15) is 0 Å². The van der Waals surface area contributed by atoms with Crippen molar-refractivity contribution in [2.75, 3.05) is 11.9 Å². The highest BCUT2D eigenvalue weighted by atomic mass is 32.2. The Morgan fingerprint density at radius 1 is 1.24 bits per heavy atom. The molecule has 0 aliphatic carbocycles. The molecule has 0 bridgehead atoms. The largest absolute Gasteiger partial charge is 0.488 e. The summed E-state index contributed by atoms with van der Waals surface area (Å²) in [5, 5.41) is 11.9. The number of rotatable bonds is 8. The number of carbonyl (C=O) groups is 1. The summed E-state index contributed by atoms with van der Waals surface area (Å²) in [5.41, 5.74) is 1.53. The van der Waals surface area contributed by atoms with Gasteiger partial charge in [0.1, 0.15) is 30.1 Å². The van der Waals surface area contributed by atoms with Crippen molar-refractivity contribution in [1.82, 2.24) is 15.0 Å². The number of hydrogen-bond acceptors (Lipinski definition) is 9. The number of benzene rings is 2. The van der Waals surface area contributed by atoms with Gasteiger partial charge in [0.15, 0.2) is 5.13 Å². The van der Waals surface area contributed by atoms with E-state index in [4.69, 9.17) is 14.6 Å². The molecular formula is C22H21N5O4S2. The first-order valence-electron chi connectivity index (χ1n) is 9.84. The number of nitrogens with two attached hydrogens (primary N) is 1. The van der Waals surface area contributed by atoms with E-state index in [0.29, 0.717) is 32.5 Å². The van der Waals surface area contributed by atoms with E-state index in [0.717, 1.165) is 5.56 Å². The zero-order chi connectivity index (χ0) is 23.4. The van der Waals surface area contributed by atoms with Crippen LogP contribution in [0.1, 0.15) is 22.8 Å². The Morgan fingerprint density at radius 3 is 2.82 bits per heavy atom. The molecular weight excluding hydrogens is 462 g/mol. The van der Waals surface area contributed by atoms with Gasteiger partial charge in [-0.15, -0.1) is 11.3 Å². The zero-order valence-corrected chi connectivity index (χ0v) is 19.3. The van der Waals surface area contributed by atoms with E-state index in [-0.39, 0.29) is 18.8 Å². The smallest absolute Gasteiger partial charge is 0.341 e. The van der Waals surface area contributed by atoms with Crippen LogP contribution in [0.3, 0.4) is 0 Å². The van der Waals surface area contributed by atoms with Crippen molar-refractivity contribution in [2.24, 2.45) is 5.14 Å². The minimum Gasteiger partial charge on any atom is -0.488 e. The minimum absolute atomic E-state index is 0.108. The molecule has 11 heteroatoms. The lowest BCUT2D eigenvalue weighted by Gasteiger charge is -2.14. The maximum absolute atomic E-state index is 12.7. The standard InChI is InChI=1S/C22H21N5O4S2/c1-3-30-21(28)17-10-16-18(25-13-26-20(16)27-22-24-7-8-32-22)11-19(17)31-12-14-5-4-6-15(9-14)33(2,23)29/h4-11,13H,2-3,12H2,1H3,(H2,23,29)(H,24,25,26,27). The van der Waals surface area contributed by atoms with Gasteiger partial charge in [-0.3, -0.25) is 5.14 Å². The van der Waals surface area contributed by atoms with E-state index in [1.54, 1.807) is 49.5 Å². The SMILES string of the molecule is C=S(N)(=O)c1cccc(COc2cc3ncnc(Nc4nccs4)c3cc2C(=O)OCC)c1. The third kappa shape index (κ3) is 5.28. The van der Waals surface area contributed by atoms with Gasteiger partial charge in [-0.25, -0.2) is 24.0 Å². The van der Waals surface area contributed by atoms with E-state index in [2.05, 4.69) is 26.1 Å². The third-order valence-electron chi connectivity index (χ3n) is 4.58. The van der Waals surface area contributed by atoms with Crippen LogP contribution < -0.4 is 15.2 Å². The highest BCUT2D eigenvalue weighted by molar-refractivity contribution is 7.98. The molecule has 0 aliphatic heterocycles. The number of ether oxygens (including phenoxy) is 2. The molecule has 1 unspecified atom stereocenters. The molecule has 0 radical (unpaired) electrons. The summed E-state index contributed by atoms with van der Waals surface area (Å²) in [6.07, 6.45) is 3.10. The summed E-state index contributed by atoms with van der Waals surface area (Å²) in [7, 11) is -2.85. The van der Waals surface area contributed by atoms with Crippen molar-refractivity contribution >= 4 is 54.7 Å². The van der Waals surface area contributed by atoms with Gasteiger partial charge in [0.25, 0.3) is 0 Å². The van der Waals surface area contributed by atoms with Crippen molar-refractivity contribution < 1.29 is 18.5 Å². The van der Waals surface area contributed by atoms with Crippen LogP contribution in [0.5, 0.6) is 5.75 Å². The molecule has 0 saturated heterocycles. The minimum atomic E-state index is -2.85. The summed E-state index contributed by atoms with van der Waals surface area (Å²) >= 11 is 1.42. The molecule has 0 amide bonds. The number of aromatic nitrogens is 3. The first kappa shape index (κ1) is 22.6. The number of nitrogens with zero attached hydrogens (tertiary/aromatic N) is 3. The van der Waals surface area contributed by atoms with Crippen LogP contribution >= 0.6 is 11.3 Å². The lowest BCUT2D eigenvalue weighted by Crippen LogP contribution is -2.12. The number of nitrogens with one attached hydrogen (secondary N) is 1. The molecule has 170 valence electrons. The maximum atomic E-state index is 12.7. The quantitative estimate of drug-likeness (QED) is 0.288. The van der Waals surface area contributed by atoms with E-state index in [1.807, 2.05) is 5.38 Å². The Morgan fingerprint density at radius 2 is 2.09 bits per heavy atom. The van der Waals surface area contributed by atoms with Crippen LogP contribution in [0.15, 0.2) is 59.2 Å². The third-order valence-corrected chi connectivity index (χ3v) is 6.32. The van der Waals surface area contributed by atoms with Crippen LogP contribution in [0, 0.1) is 0 Å². The van der Waals surface area contributed by atoms with Gasteiger partial charge in [0.2, 0.25) is 0 Å². The maximum Gasteiger partial charge on any atom is 0.341 e. The second kappa shape index (κ2) is 9.53. The van der Waals surface area contributed by atoms with Crippen molar-refractivity contribution in [1.29, 1.82) is 0 Å². The molecule has 4 aromatic rings. The lowest BCUT2D eigenvalue weighted by atomic mass is 10.1. The average Bonchev–Trinajstić information content (AvgIpc) is 3.30. The number of thiazole rings is 1. The molecule has 1 atom stereocenters. The molecule has 4 rings (SSSR count). The molecule has 2 aromatic heterocycles. The molecule has 0 spiro atoms. The topological polar surface area (TPSA) is 129 Å². The van der Waals surface area contributed by atoms with Gasteiger partial charge in [0, 0.05) is 27.9 Å². The number of hydrogen-bond donors (Lipinski definition) is 2. The molecule has 33 heavy (non-hydrogen) atoms. The predicted octanol–water partition coefficient (Wildman–Crippen LogP) is 3.53. The fourth-order valence-electron chi connectivity index (χ4n) is 3.07. The van der Waals surface area contributed by atoms with E-state index in [9.17, 15) is 9.00 Å². The molecule has 0 fully saturated rings. The van der Waals surface area contributed by atoms with Crippen LogP contribution in [-0.2, 0) is 21.1 Å². The second-order valence-electron chi connectivity index (χ2n) is 6.93. The normalized spacial score (nSPS) is 12.8. The van der Waals surface area contributed by atoms with Gasteiger partial charge in [-0.1, -0.05) is 12.1 Å². The molecule has 3 N–H and O–H groups in total. The average molecular weight is 484 g/mol. The van der Waals surface area contributed by atoms with E-state index < -0.39 is 15.7 Å². The van der Waals surface area contributed by atoms with Crippen molar-refractivity contribution in [3.05, 3.63) is 65.4 Å². The summed E-state index contributed by atoms with van der Waals surface area (Å²) < 4.78 is 23.3. The van der Waals surface area contributed by atoms with Gasteiger partial charge < -0.3 is 14.8 Å². The highest BCUT2D eigenvalue weighted by Gasteiger charge is 2.18. The Labute approximate surface area is 194 Å². The monoisotopic (exact) mass is 483 g/mol. The zero-order valence-electron chi connectivity index (χ0n) is 17.7. The lowest BCUT2D eigenvalue weighted by molar-refractivity contribution is 0.0521. The first-order valence-corrected chi connectivity index (χ1v) is 12.5. The molecule has 0 aliphatic rings. The summed E-state index contributed by atoms with van der Waals surface area (Å²) in [6, 6.07) is 10.1. The van der Waals surface area contributed by atoms with Crippen LogP contribution in [0.25, 0.3) is 10.9 Å². The Hall–Kier alpha value is -3.54. The molecule has 0 saturated carbocycles. The number of anilines is 2. The van der Waals surface area contributed by atoms with Crippen LogP contribution in [0.2, 0.25) is 0 Å². The predicted molar refractivity (Wildman–Crippen MR) is 129 cm³/mol. The Kier molecular flexibility index (Phi) is 6.54. The van der Waals surface area contributed by atoms with Crippen molar-refractivity contribution in [3.8, 4) is 5.75 Å². The highest BCUT2D eigenvalue weighted by Crippen LogP contribution is 2.31. The first-order chi connectivity index (χ1) is 15.8. The van der Waals surface area contributed by atoms with Gasteiger partial charge >= 0.3 is 5.97 Å². The number of esters is 1. The van der Waals surface area contributed by atoms with Crippen LogP contribution in [-0.4, -0.2) is 37.6 Å². The second-order valence-corrected chi connectivity index (χ2v) is 9.75. The van der Waals surface area contributed by atoms with Crippen molar-refractivity contribution in [2.45, 2.75) is 18.4 Å². The molecule has 2 aromatic carbocycles. The number of carbonyl (C=O) groups excluding carboxylic acids is 1. The molecule has 2 heterocycles. The van der Waals surface area contributed by atoms with Crippen molar-refractivity contribution in [3.63, 3.8) is 0 Å².